The Kier molecular flexibility index (Phi) is 7.03. The number of rotatable bonds is 7. The van der Waals surface area contributed by atoms with Crippen molar-refractivity contribution in [2.45, 2.75) is 6.42 Å². The highest BCUT2D eigenvalue weighted by molar-refractivity contribution is 7.92. The van der Waals surface area contributed by atoms with Crippen molar-refractivity contribution in [2.24, 2.45) is 0 Å². The maximum absolute atomic E-state index is 13.0. The molecule has 0 spiro atoms. The third-order valence-electron chi connectivity index (χ3n) is 6.54. The topological polar surface area (TPSA) is 120 Å². The summed E-state index contributed by atoms with van der Waals surface area (Å²) >= 11 is 0. The van der Waals surface area contributed by atoms with Gasteiger partial charge in [-0.05, 0) is 60.0 Å². The van der Waals surface area contributed by atoms with Crippen LogP contribution >= 0.6 is 0 Å². The summed E-state index contributed by atoms with van der Waals surface area (Å²) in [4.78, 5) is 29.9. The number of para-hydroxylation sites is 1. The van der Waals surface area contributed by atoms with Crippen LogP contribution in [0, 0.1) is 0 Å². The van der Waals surface area contributed by atoms with Crippen molar-refractivity contribution in [3.8, 4) is 11.1 Å². The van der Waals surface area contributed by atoms with E-state index >= 15 is 0 Å². The highest BCUT2D eigenvalue weighted by Gasteiger charge is 2.22. The molecule has 1 aromatic heterocycles. The molecule has 1 aliphatic heterocycles. The Morgan fingerprint density at radius 3 is 2.51 bits per heavy atom. The number of sulfonamides is 1. The summed E-state index contributed by atoms with van der Waals surface area (Å²) in [6, 6.07) is 21.3. The van der Waals surface area contributed by atoms with Gasteiger partial charge in [-0.25, -0.2) is 8.42 Å². The van der Waals surface area contributed by atoms with E-state index in [1.807, 2.05) is 24.3 Å². The maximum Gasteiger partial charge on any atom is 0.257 e. The lowest BCUT2D eigenvalue weighted by Crippen LogP contribution is -2.25. The zero-order valence-corrected chi connectivity index (χ0v) is 22.2. The first-order chi connectivity index (χ1) is 18.7. The van der Waals surface area contributed by atoms with E-state index in [1.165, 1.54) is 11.4 Å². The summed E-state index contributed by atoms with van der Waals surface area (Å²) < 4.78 is 25.7. The standard InChI is InChI=1S/C29H27N5O4S/c1-34(39(2,37)38)27-8-4-3-7-22(27)20-9-11-23-25(16-20)32-26-17-21(10-12-24(26)33-29(23)36)28(35)31-15-13-19-6-5-14-30-18-19/h3-12,14,16-18,32H,13,15H2,1-2H3,(H,31,35)(H,33,36). The lowest BCUT2D eigenvalue weighted by atomic mass is 10.0. The van der Waals surface area contributed by atoms with Crippen LogP contribution in [0.2, 0.25) is 0 Å². The van der Waals surface area contributed by atoms with Crippen molar-refractivity contribution < 1.29 is 18.0 Å². The summed E-state index contributed by atoms with van der Waals surface area (Å²) in [6.07, 6.45) is 5.28. The average Bonchev–Trinajstić information content (AvgIpc) is 3.07. The van der Waals surface area contributed by atoms with Gasteiger partial charge in [-0.15, -0.1) is 0 Å². The Morgan fingerprint density at radius 2 is 1.74 bits per heavy atom. The largest absolute Gasteiger partial charge is 0.353 e. The number of amides is 2. The van der Waals surface area contributed by atoms with E-state index in [-0.39, 0.29) is 11.8 Å². The van der Waals surface area contributed by atoms with Crippen LogP contribution in [0.3, 0.4) is 0 Å². The van der Waals surface area contributed by atoms with E-state index in [4.69, 9.17) is 0 Å². The smallest absolute Gasteiger partial charge is 0.257 e. The summed E-state index contributed by atoms with van der Waals surface area (Å²) in [5.41, 5.74) is 5.49. The molecule has 0 fully saturated rings. The molecular formula is C29H27N5O4S. The molecule has 4 aromatic rings. The van der Waals surface area contributed by atoms with Gasteiger partial charge in [0.1, 0.15) is 0 Å². The number of benzene rings is 3. The maximum atomic E-state index is 13.0. The van der Waals surface area contributed by atoms with Gasteiger partial charge in [0.15, 0.2) is 0 Å². The summed E-state index contributed by atoms with van der Waals surface area (Å²) in [7, 11) is -1.98. The normalized spacial score (nSPS) is 12.3. The number of carbonyl (C=O) groups is 2. The van der Waals surface area contributed by atoms with Gasteiger partial charge in [-0.3, -0.25) is 18.9 Å². The Labute approximate surface area is 226 Å². The van der Waals surface area contributed by atoms with Crippen LogP contribution in [0.5, 0.6) is 0 Å². The predicted molar refractivity (Wildman–Crippen MR) is 153 cm³/mol. The molecule has 10 heteroatoms. The van der Waals surface area contributed by atoms with Crippen molar-refractivity contribution in [3.63, 3.8) is 0 Å². The second-order valence-electron chi connectivity index (χ2n) is 9.21. The Balaban J connectivity index is 1.42. The number of hydrogen-bond donors (Lipinski definition) is 3. The minimum Gasteiger partial charge on any atom is -0.353 e. The van der Waals surface area contributed by atoms with Gasteiger partial charge in [0.2, 0.25) is 10.0 Å². The fraction of sp³-hybridized carbons (Fsp3) is 0.138. The molecule has 0 saturated heterocycles. The summed E-state index contributed by atoms with van der Waals surface area (Å²) in [6.45, 7) is 0.458. The second-order valence-corrected chi connectivity index (χ2v) is 11.2. The minimum absolute atomic E-state index is 0.231. The van der Waals surface area contributed by atoms with Crippen LogP contribution in [-0.2, 0) is 16.4 Å². The Morgan fingerprint density at radius 1 is 0.923 bits per heavy atom. The highest BCUT2D eigenvalue weighted by atomic mass is 32.2. The first kappa shape index (κ1) is 25.9. The molecule has 2 heterocycles. The molecule has 2 amide bonds. The number of carbonyl (C=O) groups excluding carboxylic acids is 2. The van der Waals surface area contributed by atoms with Crippen molar-refractivity contribution >= 4 is 44.6 Å². The zero-order chi connectivity index (χ0) is 27.6. The van der Waals surface area contributed by atoms with Crippen molar-refractivity contribution in [1.29, 1.82) is 0 Å². The molecule has 3 aromatic carbocycles. The van der Waals surface area contributed by atoms with Crippen LogP contribution in [0.25, 0.3) is 11.1 Å². The van der Waals surface area contributed by atoms with Gasteiger partial charge in [0.25, 0.3) is 11.8 Å². The molecular weight excluding hydrogens is 514 g/mol. The first-order valence-electron chi connectivity index (χ1n) is 12.3. The van der Waals surface area contributed by atoms with E-state index < -0.39 is 10.0 Å². The number of nitrogens with one attached hydrogen (secondary N) is 3. The van der Waals surface area contributed by atoms with Crippen molar-refractivity contribution in [1.82, 2.24) is 10.3 Å². The highest BCUT2D eigenvalue weighted by Crippen LogP contribution is 2.37. The Hall–Kier alpha value is -4.70. The third-order valence-corrected chi connectivity index (χ3v) is 7.73. The number of anilines is 4. The molecule has 1 aliphatic rings. The van der Waals surface area contributed by atoms with E-state index in [9.17, 15) is 18.0 Å². The van der Waals surface area contributed by atoms with Gasteiger partial charge in [0.05, 0.1) is 34.6 Å². The van der Waals surface area contributed by atoms with Crippen LogP contribution in [0.4, 0.5) is 22.7 Å². The number of pyridine rings is 1. The summed E-state index contributed by atoms with van der Waals surface area (Å²) in [5, 5.41) is 9.11. The van der Waals surface area contributed by atoms with Crippen molar-refractivity contribution in [2.75, 3.05) is 34.8 Å². The van der Waals surface area contributed by atoms with Gasteiger partial charge in [-0.2, -0.15) is 0 Å². The Bertz CT molecular complexity index is 1670. The molecule has 0 unspecified atom stereocenters. The molecule has 0 radical (unpaired) electrons. The SMILES string of the molecule is CN(c1ccccc1-c1ccc2c(c1)Nc1cc(C(=O)NCCc3cccnc3)ccc1NC2=O)S(C)(=O)=O. The first-order valence-corrected chi connectivity index (χ1v) is 14.1. The quantitative estimate of drug-likeness (QED) is 0.318. The molecule has 0 bridgehead atoms. The number of hydrogen-bond acceptors (Lipinski definition) is 6. The molecule has 0 saturated carbocycles. The van der Waals surface area contributed by atoms with E-state index in [0.29, 0.717) is 52.4 Å². The zero-order valence-electron chi connectivity index (χ0n) is 21.4. The lowest BCUT2D eigenvalue weighted by molar-refractivity contribution is 0.0953. The summed E-state index contributed by atoms with van der Waals surface area (Å²) in [5.74, 6) is -0.524. The van der Waals surface area contributed by atoms with E-state index in [0.717, 1.165) is 17.4 Å². The molecule has 9 nitrogen and oxygen atoms in total. The monoisotopic (exact) mass is 541 g/mol. The number of fused-ring (bicyclic) bond motifs is 2. The fourth-order valence-electron chi connectivity index (χ4n) is 4.39. The lowest BCUT2D eigenvalue weighted by Gasteiger charge is -2.21. The van der Waals surface area contributed by atoms with E-state index in [1.54, 1.807) is 60.9 Å². The fourth-order valence-corrected chi connectivity index (χ4v) is 4.90. The van der Waals surface area contributed by atoms with Crippen LogP contribution in [0.1, 0.15) is 26.3 Å². The average molecular weight is 542 g/mol. The molecule has 5 rings (SSSR count). The van der Waals surface area contributed by atoms with Gasteiger partial charge < -0.3 is 16.0 Å². The van der Waals surface area contributed by atoms with Gasteiger partial charge in [0, 0.05) is 37.1 Å². The van der Waals surface area contributed by atoms with Gasteiger partial charge in [-0.1, -0.05) is 30.3 Å². The van der Waals surface area contributed by atoms with Crippen LogP contribution < -0.4 is 20.3 Å². The third kappa shape index (κ3) is 5.60. The number of nitrogens with zero attached hydrogens (tertiary/aromatic N) is 2. The minimum atomic E-state index is -3.48. The molecule has 198 valence electrons. The van der Waals surface area contributed by atoms with Gasteiger partial charge >= 0.3 is 0 Å². The second kappa shape index (κ2) is 10.6. The number of aromatic nitrogens is 1. The molecule has 0 atom stereocenters. The van der Waals surface area contributed by atoms with Crippen LogP contribution in [-0.4, -0.2) is 45.1 Å². The molecule has 0 aliphatic carbocycles. The van der Waals surface area contributed by atoms with Crippen LogP contribution in [0.15, 0.2) is 85.2 Å². The van der Waals surface area contributed by atoms with E-state index in [2.05, 4.69) is 20.9 Å². The van der Waals surface area contributed by atoms with Crippen molar-refractivity contribution in [3.05, 3.63) is 102 Å². The molecule has 39 heavy (non-hydrogen) atoms. The molecule has 3 N–H and O–H groups in total. The predicted octanol–water partition coefficient (Wildman–Crippen LogP) is 4.43.